The topological polar surface area (TPSA) is 55.5 Å². The number of aryl methyl sites for hydroxylation is 1. The summed E-state index contributed by atoms with van der Waals surface area (Å²) in [6.07, 6.45) is 0.471. The van der Waals surface area contributed by atoms with Crippen LogP contribution in [0.25, 0.3) is 0 Å². The van der Waals surface area contributed by atoms with Gasteiger partial charge in [-0.3, -0.25) is 0 Å². The molecule has 0 heterocycles. The fourth-order valence-electron chi connectivity index (χ4n) is 1.53. The molecule has 1 aromatic carbocycles. The van der Waals surface area contributed by atoms with Crippen molar-refractivity contribution in [3.05, 3.63) is 28.3 Å². The highest BCUT2D eigenvalue weighted by Crippen LogP contribution is 2.33. The smallest absolute Gasteiger partial charge is 0.125 e. The highest BCUT2D eigenvalue weighted by molar-refractivity contribution is 6.31. The third-order valence-electron chi connectivity index (χ3n) is 2.27. The molecule has 0 aliphatic carbocycles. The molecule has 0 saturated heterocycles. The van der Waals surface area contributed by atoms with E-state index in [9.17, 15) is 0 Å². The Morgan fingerprint density at radius 1 is 1.53 bits per heavy atom. The molecule has 1 rings (SSSR count). The van der Waals surface area contributed by atoms with E-state index >= 15 is 0 Å². The van der Waals surface area contributed by atoms with Crippen LogP contribution in [0, 0.1) is 6.92 Å². The first kappa shape index (κ1) is 12.3. The number of ether oxygens (including phenoxy) is 1. The van der Waals surface area contributed by atoms with Crippen LogP contribution in [0.4, 0.5) is 0 Å². The molecule has 0 aliphatic heterocycles. The maximum atomic E-state index is 8.84. The van der Waals surface area contributed by atoms with Crippen LogP contribution in [0.1, 0.15) is 23.6 Å². The van der Waals surface area contributed by atoms with Gasteiger partial charge in [0, 0.05) is 23.2 Å². The van der Waals surface area contributed by atoms with E-state index < -0.39 is 0 Å². The Morgan fingerprint density at radius 3 is 2.73 bits per heavy atom. The summed E-state index contributed by atoms with van der Waals surface area (Å²) in [7, 11) is 1.58. The molecule has 4 heteroatoms. The second kappa shape index (κ2) is 5.35. The molecule has 0 aliphatic rings. The third kappa shape index (κ3) is 2.84. The van der Waals surface area contributed by atoms with E-state index in [0.717, 1.165) is 11.1 Å². The van der Waals surface area contributed by atoms with E-state index in [-0.39, 0.29) is 12.6 Å². The summed E-state index contributed by atoms with van der Waals surface area (Å²) in [4.78, 5) is 0. The number of aliphatic hydroxyl groups excluding tert-OH is 1. The summed E-state index contributed by atoms with van der Waals surface area (Å²) in [5.74, 6) is 0.681. The highest BCUT2D eigenvalue weighted by atomic mass is 35.5. The van der Waals surface area contributed by atoms with Crippen LogP contribution in [0.15, 0.2) is 12.1 Å². The van der Waals surface area contributed by atoms with Crippen LogP contribution in [0.3, 0.4) is 0 Å². The summed E-state index contributed by atoms with van der Waals surface area (Å²) in [5, 5.41) is 9.43. The van der Waals surface area contributed by atoms with Gasteiger partial charge in [-0.2, -0.15) is 0 Å². The molecule has 0 bridgehead atoms. The fraction of sp³-hybridized carbons (Fsp3) is 0.455. The SMILES string of the molecule is COc1cc(C)cc(Cl)c1C(N)CCO. The third-order valence-corrected chi connectivity index (χ3v) is 2.58. The highest BCUT2D eigenvalue weighted by Gasteiger charge is 2.15. The largest absolute Gasteiger partial charge is 0.496 e. The normalized spacial score (nSPS) is 12.6. The van der Waals surface area contributed by atoms with Crippen LogP contribution < -0.4 is 10.5 Å². The van der Waals surface area contributed by atoms with Gasteiger partial charge in [-0.1, -0.05) is 11.6 Å². The zero-order chi connectivity index (χ0) is 11.4. The van der Waals surface area contributed by atoms with Crippen molar-refractivity contribution in [2.75, 3.05) is 13.7 Å². The number of hydrogen-bond donors (Lipinski definition) is 2. The minimum absolute atomic E-state index is 0.0362. The average Bonchev–Trinajstić information content (AvgIpc) is 2.16. The van der Waals surface area contributed by atoms with Crippen molar-refractivity contribution in [2.24, 2.45) is 5.73 Å². The molecule has 0 amide bonds. The standard InChI is InChI=1S/C11H16ClNO2/c1-7-5-8(12)11(9(13)3-4-14)10(6-7)15-2/h5-6,9,14H,3-4,13H2,1-2H3. The molecule has 0 saturated carbocycles. The summed E-state index contributed by atoms with van der Waals surface area (Å²) in [5.41, 5.74) is 7.70. The van der Waals surface area contributed by atoms with E-state index in [1.165, 1.54) is 0 Å². The van der Waals surface area contributed by atoms with Gasteiger partial charge >= 0.3 is 0 Å². The van der Waals surface area contributed by atoms with Crippen molar-refractivity contribution in [1.82, 2.24) is 0 Å². The number of nitrogens with two attached hydrogens (primary N) is 1. The van der Waals surface area contributed by atoms with Gasteiger partial charge < -0.3 is 15.6 Å². The van der Waals surface area contributed by atoms with Gasteiger partial charge in [-0.15, -0.1) is 0 Å². The number of methoxy groups -OCH3 is 1. The summed E-state index contributed by atoms with van der Waals surface area (Å²) in [6.45, 7) is 1.98. The Balaban J connectivity index is 3.14. The van der Waals surface area contributed by atoms with Gasteiger partial charge in [0.2, 0.25) is 0 Å². The second-order valence-corrected chi connectivity index (χ2v) is 3.89. The molecule has 3 N–H and O–H groups in total. The quantitative estimate of drug-likeness (QED) is 0.831. The van der Waals surface area contributed by atoms with Crippen LogP contribution in [-0.2, 0) is 0 Å². The number of benzene rings is 1. The summed E-state index contributed by atoms with van der Waals surface area (Å²) in [6, 6.07) is 3.44. The van der Waals surface area contributed by atoms with E-state index in [2.05, 4.69) is 0 Å². The first-order valence-electron chi connectivity index (χ1n) is 4.80. The van der Waals surface area contributed by atoms with Crippen LogP contribution >= 0.6 is 11.6 Å². The number of aliphatic hydroxyl groups is 1. The molecular formula is C11H16ClNO2. The van der Waals surface area contributed by atoms with Crippen molar-refractivity contribution in [2.45, 2.75) is 19.4 Å². The minimum atomic E-state index is -0.293. The molecule has 1 atom stereocenters. The van der Waals surface area contributed by atoms with E-state index in [1.54, 1.807) is 7.11 Å². The summed E-state index contributed by atoms with van der Waals surface area (Å²) >= 11 is 6.10. The molecular weight excluding hydrogens is 214 g/mol. The van der Waals surface area contributed by atoms with Crippen molar-refractivity contribution in [1.29, 1.82) is 0 Å². The Kier molecular flexibility index (Phi) is 4.39. The zero-order valence-corrected chi connectivity index (χ0v) is 9.71. The second-order valence-electron chi connectivity index (χ2n) is 3.48. The van der Waals surface area contributed by atoms with Crippen LogP contribution in [0.5, 0.6) is 5.75 Å². The van der Waals surface area contributed by atoms with Crippen molar-refractivity contribution >= 4 is 11.6 Å². The number of hydrogen-bond acceptors (Lipinski definition) is 3. The molecule has 84 valence electrons. The van der Waals surface area contributed by atoms with Crippen LogP contribution in [-0.4, -0.2) is 18.8 Å². The molecule has 1 aromatic rings. The van der Waals surface area contributed by atoms with Crippen molar-refractivity contribution < 1.29 is 9.84 Å². The zero-order valence-electron chi connectivity index (χ0n) is 8.96. The number of halogens is 1. The maximum absolute atomic E-state index is 8.84. The molecule has 1 unspecified atom stereocenters. The Bertz CT molecular complexity index is 342. The van der Waals surface area contributed by atoms with Crippen molar-refractivity contribution in [3.63, 3.8) is 0 Å². The minimum Gasteiger partial charge on any atom is -0.496 e. The lowest BCUT2D eigenvalue weighted by Gasteiger charge is -2.17. The monoisotopic (exact) mass is 229 g/mol. The predicted octanol–water partition coefficient (Wildman–Crippen LogP) is 2.04. The lowest BCUT2D eigenvalue weighted by Crippen LogP contribution is -2.14. The maximum Gasteiger partial charge on any atom is 0.125 e. The predicted molar refractivity (Wildman–Crippen MR) is 61.4 cm³/mol. The van der Waals surface area contributed by atoms with Gasteiger partial charge in [0.1, 0.15) is 5.75 Å². The first-order valence-corrected chi connectivity index (χ1v) is 5.18. The fourth-order valence-corrected chi connectivity index (χ4v) is 1.94. The molecule has 0 radical (unpaired) electrons. The summed E-state index contributed by atoms with van der Waals surface area (Å²) < 4.78 is 5.23. The van der Waals surface area contributed by atoms with Crippen molar-refractivity contribution in [3.8, 4) is 5.75 Å². The first-order chi connectivity index (χ1) is 7.10. The Labute approximate surface area is 94.8 Å². The molecule has 0 spiro atoms. The molecule has 15 heavy (non-hydrogen) atoms. The lowest BCUT2D eigenvalue weighted by atomic mass is 10.0. The van der Waals surface area contributed by atoms with E-state index in [0.29, 0.717) is 17.2 Å². The lowest BCUT2D eigenvalue weighted by molar-refractivity contribution is 0.275. The Morgan fingerprint density at radius 2 is 2.20 bits per heavy atom. The van der Waals surface area contributed by atoms with Gasteiger partial charge in [0.05, 0.1) is 7.11 Å². The molecule has 3 nitrogen and oxygen atoms in total. The van der Waals surface area contributed by atoms with Crippen LogP contribution in [0.2, 0.25) is 5.02 Å². The molecule has 0 aromatic heterocycles. The van der Waals surface area contributed by atoms with E-state index in [4.69, 9.17) is 27.2 Å². The van der Waals surface area contributed by atoms with Gasteiger partial charge in [-0.25, -0.2) is 0 Å². The van der Waals surface area contributed by atoms with Gasteiger partial charge in [-0.05, 0) is 31.0 Å². The Hall–Kier alpha value is -0.770. The van der Waals surface area contributed by atoms with Gasteiger partial charge in [0.25, 0.3) is 0 Å². The van der Waals surface area contributed by atoms with E-state index in [1.807, 2.05) is 19.1 Å². The number of rotatable bonds is 4. The molecule has 0 fully saturated rings. The van der Waals surface area contributed by atoms with Gasteiger partial charge in [0.15, 0.2) is 0 Å². The average molecular weight is 230 g/mol.